The van der Waals surface area contributed by atoms with Crippen molar-refractivity contribution in [2.24, 2.45) is 11.8 Å². The molecule has 1 aromatic rings. The quantitative estimate of drug-likeness (QED) is 0.780. The van der Waals surface area contributed by atoms with Gasteiger partial charge in [-0.25, -0.2) is 9.18 Å². The number of likely N-dealkylation sites (tertiary alicyclic amines) is 1. The smallest absolute Gasteiger partial charge is 0.321 e. The van der Waals surface area contributed by atoms with E-state index < -0.39 is 0 Å². The molecule has 3 atom stereocenters. The highest BCUT2D eigenvalue weighted by molar-refractivity contribution is 5.89. The second kappa shape index (κ2) is 6.33. The van der Waals surface area contributed by atoms with Crippen LogP contribution >= 0.6 is 0 Å². The summed E-state index contributed by atoms with van der Waals surface area (Å²) in [6.45, 7) is 3.23. The number of halogens is 1. The fraction of sp³-hybridized carbons (Fsp3) is 0.611. The first-order chi connectivity index (χ1) is 11.6. The van der Waals surface area contributed by atoms with E-state index in [0.29, 0.717) is 29.3 Å². The Morgan fingerprint density at radius 2 is 2.12 bits per heavy atom. The largest absolute Gasteiger partial charge is 0.324 e. The minimum absolute atomic E-state index is 0.0845. The minimum Gasteiger partial charge on any atom is -0.324 e. The van der Waals surface area contributed by atoms with Crippen molar-refractivity contribution in [3.63, 3.8) is 0 Å². The predicted molar refractivity (Wildman–Crippen MR) is 91.0 cm³/mol. The molecule has 2 heterocycles. The molecule has 3 fully saturated rings. The number of hydrogen-bond donors (Lipinski definition) is 3. The second-order valence-corrected chi connectivity index (χ2v) is 7.40. The lowest BCUT2D eigenvalue weighted by Gasteiger charge is -2.40. The van der Waals surface area contributed by atoms with Crippen molar-refractivity contribution in [3.05, 3.63) is 29.6 Å². The van der Waals surface area contributed by atoms with Crippen molar-refractivity contribution in [1.29, 1.82) is 0 Å². The van der Waals surface area contributed by atoms with Crippen LogP contribution in [0.2, 0.25) is 0 Å². The van der Waals surface area contributed by atoms with Crippen molar-refractivity contribution in [2.75, 3.05) is 18.4 Å². The van der Waals surface area contributed by atoms with Crippen molar-refractivity contribution in [2.45, 2.75) is 44.7 Å². The zero-order valence-corrected chi connectivity index (χ0v) is 14.0. The fourth-order valence-corrected chi connectivity index (χ4v) is 4.21. The van der Waals surface area contributed by atoms with Crippen molar-refractivity contribution < 1.29 is 9.18 Å². The van der Waals surface area contributed by atoms with Gasteiger partial charge in [0.15, 0.2) is 0 Å². The molecule has 24 heavy (non-hydrogen) atoms. The van der Waals surface area contributed by atoms with Crippen LogP contribution in [0.15, 0.2) is 18.2 Å². The Morgan fingerprint density at radius 3 is 2.83 bits per heavy atom. The summed E-state index contributed by atoms with van der Waals surface area (Å²) in [4.78, 5) is 14.5. The van der Waals surface area contributed by atoms with E-state index >= 15 is 0 Å². The maximum Gasteiger partial charge on any atom is 0.321 e. The number of nitrogens with zero attached hydrogens (tertiary/aromatic N) is 1. The number of aryl methyl sites for hydroxylation is 1. The fourth-order valence-electron chi connectivity index (χ4n) is 4.21. The summed E-state index contributed by atoms with van der Waals surface area (Å²) in [5.41, 5.74) is 8.10. The van der Waals surface area contributed by atoms with Crippen LogP contribution in [-0.4, -0.2) is 36.1 Å². The molecule has 0 radical (unpaired) electrons. The van der Waals surface area contributed by atoms with Gasteiger partial charge in [0.05, 0.1) is 0 Å². The van der Waals surface area contributed by atoms with E-state index in [4.69, 9.17) is 0 Å². The molecular weight excluding hydrogens is 307 g/mol. The molecular formula is C18H25FN4O. The van der Waals surface area contributed by atoms with E-state index in [-0.39, 0.29) is 11.8 Å². The number of hydrogen-bond acceptors (Lipinski definition) is 3. The molecule has 130 valence electrons. The highest BCUT2D eigenvalue weighted by Crippen LogP contribution is 2.37. The highest BCUT2D eigenvalue weighted by Gasteiger charge is 2.45. The monoisotopic (exact) mass is 332 g/mol. The molecule has 1 saturated carbocycles. The van der Waals surface area contributed by atoms with Crippen LogP contribution in [-0.2, 0) is 0 Å². The number of piperidine rings is 1. The van der Waals surface area contributed by atoms with Gasteiger partial charge in [0, 0.05) is 36.8 Å². The van der Waals surface area contributed by atoms with Crippen LogP contribution < -0.4 is 16.2 Å². The molecule has 3 N–H and O–H groups in total. The van der Waals surface area contributed by atoms with Crippen LogP contribution in [0.5, 0.6) is 0 Å². The van der Waals surface area contributed by atoms with Crippen LogP contribution in [0.3, 0.4) is 0 Å². The highest BCUT2D eigenvalue weighted by atomic mass is 19.1. The van der Waals surface area contributed by atoms with Gasteiger partial charge in [-0.1, -0.05) is 6.42 Å². The molecule has 3 unspecified atom stereocenters. The lowest BCUT2D eigenvalue weighted by Crippen LogP contribution is -2.51. The number of carbonyl (C=O) groups is 1. The summed E-state index contributed by atoms with van der Waals surface area (Å²) in [5.74, 6) is 0.972. The molecule has 1 aromatic carbocycles. The number of fused-ring (bicyclic) bond motifs is 1. The lowest BCUT2D eigenvalue weighted by atomic mass is 9.73. The number of rotatable bonds is 2. The number of benzene rings is 1. The van der Waals surface area contributed by atoms with Gasteiger partial charge in [-0.3, -0.25) is 10.9 Å². The van der Waals surface area contributed by atoms with E-state index in [1.165, 1.54) is 25.3 Å². The van der Waals surface area contributed by atoms with Gasteiger partial charge < -0.3 is 10.2 Å². The van der Waals surface area contributed by atoms with E-state index in [0.717, 1.165) is 25.4 Å². The van der Waals surface area contributed by atoms with Crippen LogP contribution in [0.25, 0.3) is 0 Å². The SMILES string of the molecule is Cc1cc(NC(=O)N2CCC3NNC(C4CCC4)C3C2)ccc1F. The Balaban J connectivity index is 1.40. The summed E-state index contributed by atoms with van der Waals surface area (Å²) in [7, 11) is 0. The molecule has 2 aliphatic heterocycles. The Bertz CT molecular complexity index is 633. The number of amides is 2. The zero-order valence-electron chi connectivity index (χ0n) is 14.0. The van der Waals surface area contributed by atoms with Crippen LogP contribution in [0, 0.1) is 24.6 Å². The van der Waals surface area contributed by atoms with Gasteiger partial charge in [-0.15, -0.1) is 0 Å². The molecule has 3 aliphatic rings. The number of anilines is 1. The second-order valence-electron chi connectivity index (χ2n) is 7.40. The van der Waals surface area contributed by atoms with Gasteiger partial charge in [-0.05, 0) is 55.9 Å². The van der Waals surface area contributed by atoms with Crippen molar-refractivity contribution in [3.8, 4) is 0 Å². The van der Waals surface area contributed by atoms with Crippen molar-refractivity contribution in [1.82, 2.24) is 15.8 Å². The lowest BCUT2D eigenvalue weighted by molar-refractivity contribution is 0.137. The third kappa shape index (κ3) is 2.89. The van der Waals surface area contributed by atoms with Gasteiger partial charge in [0.1, 0.15) is 5.82 Å². The number of nitrogens with one attached hydrogen (secondary N) is 3. The molecule has 5 nitrogen and oxygen atoms in total. The van der Waals surface area contributed by atoms with Gasteiger partial charge in [-0.2, -0.15) is 0 Å². The van der Waals surface area contributed by atoms with Crippen LogP contribution in [0.4, 0.5) is 14.9 Å². The third-order valence-corrected chi connectivity index (χ3v) is 5.91. The first-order valence-corrected chi connectivity index (χ1v) is 8.95. The molecule has 6 heteroatoms. The molecule has 0 spiro atoms. The molecule has 0 bridgehead atoms. The number of hydrazine groups is 1. The first kappa shape index (κ1) is 15.8. The molecule has 1 aliphatic carbocycles. The van der Waals surface area contributed by atoms with E-state index in [9.17, 15) is 9.18 Å². The zero-order chi connectivity index (χ0) is 16.7. The summed E-state index contributed by atoms with van der Waals surface area (Å²) in [6, 6.07) is 5.55. The van der Waals surface area contributed by atoms with E-state index in [1.54, 1.807) is 19.1 Å². The average molecular weight is 332 g/mol. The Hall–Kier alpha value is -1.66. The Labute approximate surface area is 141 Å². The standard InChI is InChI=1S/C18H25FN4O/c1-11-9-13(5-6-15(11)19)20-18(24)23-8-7-16-14(10-23)17(22-21-16)12-3-2-4-12/h5-6,9,12,14,16-17,21-22H,2-4,7-8,10H2,1H3,(H,20,24). The van der Waals surface area contributed by atoms with Gasteiger partial charge in [0.25, 0.3) is 0 Å². The third-order valence-electron chi connectivity index (χ3n) is 5.91. The maximum atomic E-state index is 13.4. The van der Waals surface area contributed by atoms with E-state index in [2.05, 4.69) is 16.2 Å². The first-order valence-electron chi connectivity index (χ1n) is 8.95. The van der Waals surface area contributed by atoms with Crippen molar-refractivity contribution >= 4 is 11.7 Å². The molecule has 0 aromatic heterocycles. The topological polar surface area (TPSA) is 56.4 Å². The summed E-state index contributed by atoms with van der Waals surface area (Å²) < 4.78 is 13.4. The maximum absolute atomic E-state index is 13.4. The molecule has 2 amide bonds. The molecule has 2 saturated heterocycles. The summed E-state index contributed by atoms with van der Waals surface area (Å²) in [5, 5.41) is 2.91. The minimum atomic E-state index is -0.250. The number of urea groups is 1. The summed E-state index contributed by atoms with van der Waals surface area (Å²) in [6.07, 6.45) is 4.89. The Morgan fingerprint density at radius 1 is 1.29 bits per heavy atom. The normalized spacial score (nSPS) is 29.9. The van der Waals surface area contributed by atoms with Gasteiger partial charge in [0.2, 0.25) is 0 Å². The van der Waals surface area contributed by atoms with E-state index in [1.807, 2.05) is 4.90 Å². The van der Waals surface area contributed by atoms with Crippen LogP contribution in [0.1, 0.15) is 31.2 Å². The Kier molecular flexibility index (Phi) is 4.18. The number of carbonyl (C=O) groups excluding carboxylic acids is 1. The summed E-state index contributed by atoms with van der Waals surface area (Å²) >= 11 is 0. The van der Waals surface area contributed by atoms with Gasteiger partial charge >= 0.3 is 6.03 Å². The molecule has 4 rings (SSSR count). The average Bonchev–Trinajstić information content (AvgIpc) is 2.92. The predicted octanol–water partition coefficient (Wildman–Crippen LogP) is 2.63.